The Kier molecular flexibility index (Phi) is 7.05. The maximum Gasteiger partial charge on any atom is 0.326 e. The number of carboxylic acid groups (broad SMARTS) is 1. The van der Waals surface area contributed by atoms with Gasteiger partial charge in [0.1, 0.15) is 11.8 Å². The summed E-state index contributed by atoms with van der Waals surface area (Å²) in [5, 5.41) is 10.3. The van der Waals surface area contributed by atoms with Gasteiger partial charge in [-0.25, -0.2) is 4.79 Å². The maximum atomic E-state index is 13.7. The molecule has 2 saturated carbocycles. The summed E-state index contributed by atoms with van der Waals surface area (Å²) in [5.41, 5.74) is 0.833. The van der Waals surface area contributed by atoms with E-state index in [9.17, 15) is 29.1 Å². The molecule has 2 N–H and O–H groups in total. The van der Waals surface area contributed by atoms with Crippen LogP contribution in [0.25, 0.3) is 0 Å². The van der Waals surface area contributed by atoms with Crippen LogP contribution in [0.15, 0.2) is 32.5 Å². The number of aliphatic carboxylic acids is 1. The number of amides is 3. The number of halogens is 1. The monoisotopic (exact) mass is 675 g/mol. The lowest BCUT2D eigenvalue weighted by atomic mass is 9.68. The molecule has 3 aliphatic heterocycles. The number of likely N-dealkylation sites (tertiary alicyclic amines) is 2. The van der Waals surface area contributed by atoms with Gasteiger partial charge in [0.15, 0.2) is 6.61 Å². The number of hydrogen-bond donors (Lipinski definition) is 2. The summed E-state index contributed by atoms with van der Waals surface area (Å²) < 4.78 is 7.03. The molecule has 2 aliphatic carbocycles. The van der Waals surface area contributed by atoms with E-state index >= 15 is 0 Å². The Morgan fingerprint density at radius 3 is 2.55 bits per heavy atom. The van der Waals surface area contributed by atoms with Crippen LogP contribution < -0.4 is 9.61 Å². The molecule has 42 heavy (non-hydrogen) atoms. The number of hydrogen-bond acceptors (Lipinski definition) is 8. The summed E-state index contributed by atoms with van der Waals surface area (Å²) in [7, 11) is 0. The number of rotatable bonds is 6. The molecule has 4 fully saturated rings. The smallest absolute Gasteiger partial charge is 0.326 e. The van der Waals surface area contributed by atoms with Gasteiger partial charge in [-0.05, 0) is 68.6 Å². The minimum atomic E-state index is -1.22. The first-order valence-corrected chi connectivity index (χ1v) is 16.8. The number of ether oxygens (including phenoxy) is 1. The van der Waals surface area contributed by atoms with E-state index < -0.39 is 35.7 Å². The molecular weight excluding hydrogens is 646 g/mol. The summed E-state index contributed by atoms with van der Waals surface area (Å²) in [6.07, 6.45) is 3.79. The molecule has 2 aromatic rings. The Hall–Kier alpha value is -2.64. The number of nitrogens with zero attached hydrogens (tertiary/aromatic N) is 2. The molecule has 0 radical (unpaired) electrons. The maximum absolute atomic E-state index is 13.7. The van der Waals surface area contributed by atoms with Crippen molar-refractivity contribution in [1.82, 2.24) is 14.8 Å². The Morgan fingerprint density at radius 1 is 1.12 bits per heavy atom. The third kappa shape index (κ3) is 4.29. The van der Waals surface area contributed by atoms with Crippen LogP contribution in [0.2, 0.25) is 0 Å². The van der Waals surface area contributed by atoms with Crippen molar-refractivity contribution in [3.05, 3.63) is 42.8 Å². The van der Waals surface area contributed by atoms with Crippen molar-refractivity contribution in [2.45, 2.75) is 54.8 Å². The highest BCUT2D eigenvalue weighted by molar-refractivity contribution is 9.10. The Labute approximate surface area is 258 Å². The number of carbonyl (C=O) groups is 4. The van der Waals surface area contributed by atoms with Gasteiger partial charge in [0.25, 0.3) is 5.91 Å². The van der Waals surface area contributed by atoms with E-state index in [4.69, 9.17) is 4.74 Å². The second-order valence-electron chi connectivity index (χ2n) is 11.9. The lowest BCUT2D eigenvalue weighted by molar-refractivity contribution is -0.154. The van der Waals surface area contributed by atoms with Crippen molar-refractivity contribution in [2.75, 3.05) is 19.7 Å². The van der Waals surface area contributed by atoms with E-state index in [1.54, 1.807) is 11.8 Å². The number of piperidine rings is 1. The molecule has 1 aromatic heterocycles. The quantitative estimate of drug-likeness (QED) is 0.444. The Bertz CT molecular complexity index is 1550. The van der Waals surface area contributed by atoms with E-state index in [0.717, 1.165) is 68.5 Å². The van der Waals surface area contributed by atoms with Crippen molar-refractivity contribution in [3.8, 4) is 5.75 Å². The molecular formula is C29H30BrN3O7S2. The predicted octanol–water partition coefficient (Wildman–Crippen LogP) is 3.54. The minimum absolute atomic E-state index is 0.0438. The first-order valence-electron chi connectivity index (χ1n) is 14.3. The average Bonchev–Trinajstić information content (AvgIpc) is 3.71. The zero-order valence-corrected chi connectivity index (χ0v) is 26.0. The average molecular weight is 677 g/mol. The number of aromatic amines is 1. The van der Waals surface area contributed by atoms with Crippen molar-refractivity contribution in [1.29, 1.82) is 0 Å². The van der Waals surface area contributed by atoms with Gasteiger partial charge in [0.2, 0.25) is 11.8 Å². The Balaban J connectivity index is 1.26. The van der Waals surface area contributed by atoms with Crippen LogP contribution in [0, 0.1) is 29.6 Å². The molecule has 2 saturated heterocycles. The standard InChI is InChI=1S/C29H30BrN3O7S2/c1-12(28(37)38)33-26(35)21-15-10-16(22(21)27(33)36)23-20(15)19(24-25(41-23)31-29(39)42-24)14-9-13(30)5-6-17(14)40-11-18(34)32-7-3-2-4-8-32/h5-6,9,12,15-16,19-23H,2-4,7-8,10-11H2,1H3,(H,31,39)(H,37,38)/t12?,15?,16?,19-,20?,21?,22?,23?/m1/s1. The highest BCUT2D eigenvalue weighted by atomic mass is 79.9. The number of fused-ring (bicyclic) bond motifs is 9. The summed E-state index contributed by atoms with van der Waals surface area (Å²) in [5.74, 6) is -3.28. The molecule has 222 valence electrons. The van der Waals surface area contributed by atoms with E-state index in [-0.39, 0.29) is 46.3 Å². The van der Waals surface area contributed by atoms with Crippen molar-refractivity contribution in [2.24, 2.45) is 29.6 Å². The third-order valence-electron chi connectivity index (χ3n) is 9.87. The number of imide groups is 1. The van der Waals surface area contributed by atoms with Crippen LogP contribution in [0.1, 0.15) is 49.0 Å². The normalized spacial score (nSPS) is 32.0. The molecule has 5 aliphatic rings. The third-order valence-corrected chi connectivity index (χ3v) is 13.0. The number of carboxylic acids is 1. The van der Waals surface area contributed by atoms with Crippen molar-refractivity contribution >= 4 is 62.7 Å². The van der Waals surface area contributed by atoms with Gasteiger partial charge in [-0.15, -0.1) is 11.8 Å². The van der Waals surface area contributed by atoms with Crippen LogP contribution in [0.3, 0.4) is 0 Å². The second-order valence-corrected chi connectivity index (χ2v) is 15.1. The fraction of sp³-hybridized carbons (Fsp3) is 0.552. The second kappa shape index (κ2) is 10.5. The van der Waals surface area contributed by atoms with E-state index in [1.165, 1.54) is 6.92 Å². The summed E-state index contributed by atoms with van der Waals surface area (Å²) in [6.45, 7) is 2.75. The summed E-state index contributed by atoms with van der Waals surface area (Å²) in [6, 6.07) is 4.45. The summed E-state index contributed by atoms with van der Waals surface area (Å²) >= 11 is 6.32. The van der Waals surface area contributed by atoms with E-state index in [0.29, 0.717) is 12.2 Å². The number of carbonyl (C=O) groups excluding carboxylic acids is 3. The van der Waals surface area contributed by atoms with Crippen LogP contribution in [-0.2, 0) is 19.2 Å². The van der Waals surface area contributed by atoms with Gasteiger partial charge >= 0.3 is 10.8 Å². The fourth-order valence-corrected chi connectivity index (χ4v) is 11.4. The van der Waals surface area contributed by atoms with Crippen LogP contribution in [0.5, 0.6) is 5.75 Å². The zero-order chi connectivity index (χ0) is 29.4. The van der Waals surface area contributed by atoms with E-state index in [1.807, 2.05) is 23.1 Å². The van der Waals surface area contributed by atoms with Gasteiger partial charge in [0, 0.05) is 39.2 Å². The topological polar surface area (TPSA) is 137 Å². The number of nitrogens with one attached hydrogen (secondary N) is 1. The molecule has 8 atom stereocenters. The van der Waals surface area contributed by atoms with E-state index in [2.05, 4.69) is 20.9 Å². The van der Waals surface area contributed by atoms with Gasteiger partial charge in [-0.3, -0.25) is 24.1 Å². The number of benzene rings is 1. The van der Waals surface area contributed by atoms with Gasteiger partial charge in [0.05, 0.1) is 16.9 Å². The lowest BCUT2D eigenvalue weighted by Crippen LogP contribution is -2.44. The molecule has 10 nitrogen and oxygen atoms in total. The molecule has 7 rings (SSSR count). The van der Waals surface area contributed by atoms with Crippen molar-refractivity contribution in [3.63, 3.8) is 0 Å². The zero-order valence-electron chi connectivity index (χ0n) is 22.8. The molecule has 0 spiro atoms. The Morgan fingerprint density at radius 2 is 1.83 bits per heavy atom. The van der Waals surface area contributed by atoms with Crippen molar-refractivity contribution < 1.29 is 29.0 Å². The first kappa shape index (κ1) is 28.1. The summed E-state index contributed by atoms with van der Waals surface area (Å²) in [4.78, 5) is 71.0. The highest BCUT2D eigenvalue weighted by Crippen LogP contribution is 2.69. The first-order chi connectivity index (χ1) is 20.2. The minimum Gasteiger partial charge on any atom is -0.483 e. The number of thioether (sulfide) groups is 1. The molecule has 2 bridgehead atoms. The SMILES string of the molecule is CC(C(=O)O)N1C(=O)C2C3CC(C2C1=O)C1C3Sc2[nH]c(=O)sc2[C@@H]1c1cc(Br)ccc1OCC(=O)N1CCCCC1. The lowest BCUT2D eigenvalue weighted by Gasteiger charge is -2.43. The van der Waals surface area contributed by atoms with Crippen LogP contribution >= 0.6 is 39.0 Å². The largest absolute Gasteiger partial charge is 0.483 e. The fourth-order valence-electron chi connectivity index (χ4n) is 8.15. The van der Waals surface area contributed by atoms with Crippen LogP contribution in [-0.4, -0.2) is 74.6 Å². The van der Waals surface area contributed by atoms with Gasteiger partial charge in [-0.2, -0.15) is 0 Å². The molecule has 1 aromatic carbocycles. The predicted molar refractivity (Wildman–Crippen MR) is 158 cm³/mol. The molecule has 13 heteroatoms. The number of H-pyrrole nitrogens is 1. The molecule has 7 unspecified atom stereocenters. The highest BCUT2D eigenvalue weighted by Gasteiger charge is 2.70. The van der Waals surface area contributed by atoms with Gasteiger partial charge in [-0.1, -0.05) is 27.3 Å². The molecule has 4 heterocycles. The van der Waals surface area contributed by atoms with Gasteiger partial charge < -0.3 is 19.7 Å². The number of aromatic nitrogens is 1. The number of thiazole rings is 1. The van der Waals surface area contributed by atoms with Crippen LogP contribution in [0.4, 0.5) is 0 Å². The molecule has 3 amide bonds.